The van der Waals surface area contributed by atoms with Crippen LogP contribution in [0.4, 0.5) is 0 Å². The van der Waals surface area contributed by atoms with Gasteiger partial charge in [-0.05, 0) is 73.6 Å². The number of hydrogen-bond donors (Lipinski definition) is 3. The molecule has 1 aromatic carbocycles. The van der Waals surface area contributed by atoms with E-state index in [2.05, 4.69) is 31.0 Å². The Morgan fingerprint density at radius 3 is 2.72 bits per heavy atom. The number of aryl methyl sites for hydroxylation is 1. The highest BCUT2D eigenvalue weighted by Crippen LogP contribution is 2.26. The Bertz CT molecular complexity index is 1200. The van der Waals surface area contributed by atoms with Gasteiger partial charge in [-0.3, -0.25) is 9.59 Å². The zero-order valence-corrected chi connectivity index (χ0v) is 20.5. The van der Waals surface area contributed by atoms with E-state index in [-0.39, 0.29) is 23.6 Å². The van der Waals surface area contributed by atoms with Gasteiger partial charge in [0.25, 0.3) is 5.91 Å². The molecule has 0 saturated heterocycles. The lowest BCUT2D eigenvalue weighted by molar-refractivity contribution is -0.124. The van der Waals surface area contributed by atoms with Crippen molar-refractivity contribution < 1.29 is 19.4 Å². The number of aliphatic hydroxyl groups excluding tert-OH is 1. The van der Waals surface area contributed by atoms with Gasteiger partial charge in [-0.2, -0.15) is 4.80 Å². The summed E-state index contributed by atoms with van der Waals surface area (Å²) in [5, 5.41) is 27.6. The lowest BCUT2D eigenvalue weighted by atomic mass is 9.86. The fourth-order valence-electron chi connectivity index (χ4n) is 4.40. The van der Waals surface area contributed by atoms with Gasteiger partial charge in [0.1, 0.15) is 18.1 Å². The van der Waals surface area contributed by atoms with Crippen LogP contribution in [0.2, 0.25) is 0 Å². The van der Waals surface area contributed by atoms with Gasteiger partial charge in [0.2, 0.25) is 11.7 Å². The predicted octanol–water partition coefficient (Wildman–Crippen LogP) is 1.65. The van der Waals surface area contributed by atoms with Crippen molar-refractivity contribution in [2.45, 2.75) is 51.7 Å². The Labute approximate surface area is 209 Å². The van der Waals surface area contributed by atoms with Crippen LogP contribution in [0.3, 0.4) is 0 Å². The van der Waals surface area contributed by atoms with Crippen molar-refractivity contribution in [3.8, 4) is 17.1 Å². The van der Waals surface area contributed by atoms with E-state index in [0.717, 1.165) is 37.0 Å². The molecule has 3 aromatic rings. The third-order valence-electron chi connectivity index (χ3n) is 6.26. The zero-order chi connectivity index (χ0) is 25.5. The Morgan fingerprint density at radius 1 is 1.17 bits per heavy atom. The third-order valence-corrected chi connectivity index (χ3v) is 6.26. The normalized spacial score (nSPS) is 17.4. The number of aromatic nitrogens is 5. The molecule has 2 aromatic heterocycles. The van der Waals surface area contributed by atoms with Crippen LogP contribution in [-0.4, -0.2) is 61.9 Å². The second-order valence-corrected chi connectivity index (χ2v) is 9.03. The lowest BCUT2D eigenvalue weighted by Crippen LogP contribution is -2.39. The van der Waals surface area contributed by atoms with Gasteiger partial charge in [0.05, 0.1) is 13.7 Å². The molecule has 0 atom stereocenters. The van der Waals surface area contributed by atoms with Crippen LogP contribution in [0, 0.1) is 12.8 Å². The molecule has 1 fully saturated rings. The highest BCUT2D eigenvalue weighted by molar-refractivity contribution is 5.93. The predicted molar refractivity (Wildman–Crippen MR) is 131 cm³/mol. The SMILES string of the molecule is COc1cccc(CNC(=O)c2cc(-c3nnn(CC4CCC(NC(=O)CO)CC4)n3)cc(C)n2)c1. The molecule has 2 amide bonds. The molecule has 1 aliphatic carbocycles. The van der Waals surface area contributed by atoms with Crippen LogP contribution in [0.1, 0.15) is 47.4 Å². The van der Waals surface area contributed by atoms with Crippen molar-refractivity contribution in [2.24, 2.45) is 5.92 Å². The quantitative estimate of drug-likeness (QED) is 0.408. The number of tetrazole rings is 1. The van der Waals surface area contributed by atoms with E-state index in [9.17, 15) is 9.59 Å². The summed E-state index contributed by atoms with van der Waals surface area (Å²) >= 11 is 0. The number of ether oxygens (including phenoxy) is 1. The minimum Gasteiger partial charge on any atom is -0.497 e. The summed E-state index contributed by atoms with van der Waals surface area (Å²) in [7, 11) is 1.60. The summed E-state index contributed by atoms with van der Waals surface area (Å²) in [6.07, 6.45) is 3.57. The lowest BCUT2D eigenvalue weighted by Gasteiger charge is -2.28. The largest absolute Gasteiger partial charge is 0.497 e. The monoisotopic (exact) mass is 493 g/mol. The van der Waals surface area contributed by atoms with Gasteiger partial charge in [0.15, 0.2) is 0 Å². The molecule has 3 N–H and O–H groups in total. The molecule has 190 valence electrons. The van der Waals surface area contributed by atoms with Crippen LogP contribution < -0.4 is 15.4 Å². The number of rotatable bonds is 9. The molecular formula is C25H31N7O4. The Kier molecular flexibility index (Phi) is 8.21. The summed E-state index contributed by atoms with van der Waals surface area (Å²) in [6, 6.07) is 11.1. The first-order chi connectivity index (χ1) is 17.4. The fourth-order valence-corrected chi connectivity index (χ4v) is 4.40. The summed E-state index contributed by atoms with van der Waals surface area (Å²) in [4.78, 5) is 30.1. The number of carbonyl (C=O) groups excluding carboxylic acids is 2. The minimum atomic E-state index is -0.480. The number of benzene rings is 1. The standard InChI is InChI=1S/C25H31N7O4/c1-16-10-19(12-22(27-16)25(35)26-13-18-4-3-5-21(11-18)36-2)24-29-31-32(30-24)14-17-6-8-20(9-7-17)28-23(34)15-33/h3-5,10-12,17,20,33H,6-9,13-15H2,1-2H3,(H,26,35)(H,28,34). The maximum Gasteiger partial charge on any atom is 0.270 e. The minimum absolute atomic E-state index is 0.105. The first-order valence-electron chi connectivity index (χ1n) is 12.0. The molecule has 0 radical (unpaired) electrons. The van der Waals surface area contributed by atoms with E-state index in [1.54, 1.807) is 18.0 Å². The number of pyridine rings is 1. The summed E-state index contributed by atoms with van der Waals surface area (Å²) in [5.74, 6) is 0.924. The molecule has 0 bridgehead atoms. The van der Waals surface area contributed by atoms with Crippen molar-refractivity contribution in [1.82, 2.24) is 35.8 Å². The molecule has 0 aliphatic heterocycles. The number of amides is 2. The zero-order valence-electron chi connectivity index (χ0n) is 20.5. The van der Waals surface area contributed by atoms with Crippen LogP contribution >= 0.6 is 0 Å². The van der Waals surface area contributed by atoms with Gasteiger partial charge in [-0.25, -0.2) is 4.98 Å². The summed E-state index contributed by atoms with van der Waals surface area (Å²) in [6.45, 7) is 2.32. The molecule has 4 rings (SSSR count). The molecule has 1 aliphatic rings. The Morgan fingerprint density at radius 2 is 1.97 bits per heavy atom. The van der Waals surface area contributed by atoms with Gasteiger partial charge in [-0.15, -0.1) is 10.2 Å². The molecule has 11 heteroatoms. The summed E-state index contributed by atoms with van der Waals surface area (Å²) < 4.78 is 5.23. The second kappa shape index (κ2) is 11.7. The topological polar surface area (TPSA) is 144 Å². The van der Waals surface area contributed by atoms with Crippen LogP contribution in [-0.2, 0) is 17.9 Å². The fraction of sp³-hybridized carbons (Fsp3) is 0.440. The number of carbonyl (C=O) groups is 2. The van der Waals surface area contributed by atoms with E-state index in [4.69, 9.17) is 9.84 Å². The van der Waals surface area contributed by atoms with Gasteiger partial charge in [0, 0.05) is 23.8 Å². The second-order valence-electron chi connectivity index (χ2n) is 9.03. The first-order valence-corrected chi connectivity index (χ1v) is 12.0. The number of aliphatic hydroxyl groups is 1. The van der Waals surface area contributed by atoms with Crippen molar-refractivity contribution >= 4 is 11.8 Å². The van der Waals surface area contributed by atoms with Gasteiger partial charge < -0.3 is 20.5 Å². The Balaban J connectivity index is 1.36. The highest BCUT2D eigenvalue weighted by Gasteiger charge is 2.23. The van der Waals surface area contributed by atoms with Crippen molar-refractivity contribution in [3.63, 3.8) is 0 Å². The van der Waals surface area contributed by atoms with Gasteiger partial charge >= 0.3 is 0 Å². The molecule has 0 unspecified atom stereocenters. The third kappa shape index (κ3) is 6.63. The Hall–Kier alpha value is -3.86. The van der Waals surface area contributed by atoms with Crippen LogP contribution in [0.5, 0.6) is 5.75 Å². The van der Waals surface area contributed by atoms with Gasteiger partial charge in [-0.1, -0.05) is 12.1 Å². The molecule has 0 spiro atoms. The number of nitrogens with one attached hydrogen (secondary N) is 2. The van der Waals surface area contributed by atoms with E-state index < -0.39 is 6.61 Å². The van der Waals surface area contributed by atoms with E-state index >= 15 is 0 Å². The van der Waals surface area contributed by atoms with Crippen molar-refractivity contribution in [3.05, 3.63) is 53.3 Å². The molecule has 1 saturated carbocycles. The average molecular weight is 494 g/mol. The molecule has 36 heavy (non-hydrogen) atoms. The van der Waals surface area contributed by atoms with Crippen molar-refractivity contribution in [2.75, 3.05) is 13.7 Å². The number of methoxy groups -OCH3 is 1. The first kappa shape index (κ1) is 25.2. The summed E-state index contributed by atoms with van der Waals surface area (Å²) in [5.41, 5.74) is 2.56. The molecule has 11 nitrogen and oxygen atoms in total. The van der Waals surface area contributed by atoms with Crippen LogP contribution in [0.15, 0.2) is 36.4 Å². The van der Waals surface area contributed by atoms with Crippen molar-refractivity contribution in [1.29, 1.82) is 0 Å². The molecule has 2 heterocycles. The average Bonchev–Trinajstić information content (AvgIpc) is 3.36. The van der Waals surface area contributed by atoms with E-state index in [1.807, 2.05) is 37.3 Å². The van der Waals surface area contributed by atoms with E-state index in [0.29, 0.717) is 36.1 Å². The number of nitrogens with zero attached hydrogens (tertiary/aromatic N) is 5. The maximum absolute atomic E-state index is 12.8. The highest BCUT2D eigenvalue weighted by atomic mass is 16.5. The maximum atomic E-state index is 12.8. The molecular weight excluding hydrogens is 462 g/mol. The van der Waals surface area contributed by atoms with E-state index in [1.165, 1.54) is 0 Å². The van der Waals surface area contributed by atoms with Crippen LogP contribution in [0.25, 0.3) is 11.4 Å². The number of hydrogen-bond acceptors (Lipinski definition) is 8. The smallest absolute Gasteiger partial charge is 0.270 e.